The Bertz CT molecular complexity index is 474. The molecule has 0 radical (unpaired) electrons. The van der Waals surface area contributed by atoms with Gasteiger partial charge in [0.05, 0.1) is 41.8 Å². The van der Waals surface area contributed by atoms with Crippen molar-refractivity contribution < 1.29 is 0 Å². The number of imidazole rings is 1. The molecule has 0 spiro atoms. The van der Waals surface area contributed by atoms with E-state index in [1.165, 1.54) is 5.69 Å². The monoisotopic (exact) mass is 186 g/mol. The maximum absolute atomic E-state index is 4.15. The predicted octanol–water partition coefficient (Wildman–Crippen LogP) is 1.75. The lowest BCUT2D eigenvalue weighted by Gasteiger charge is -2.25. The fraction of sp³-hybridized carbons (Fsp3) is 0.200. The predicted molar refractivity (Wildman–Crippen MR) is 53.4 cm³/mol. The van der Waals surface area contributed by atoms with Crippen LogP contribution in [0.25, 0.3) is 5.69 Å². The van der Waals surface area contributed by atoms with Crippen LogP contribution in [-0.2, 0) is 0 Å². The van der Waals surface area contributed by atoms with Crippen molar-refractivity contribution in [2.75, 3.05) is 5.32 Å². The fourth-order valence-electron chi connectivity index (χ4n) is 1.83. The van der Waals surface area contributed by atoms with E-state index in [9.17, 15) is 0 Å². The lowest BCUT2D eigenvalue weighted by molar-refractivity contribution is 0.771. The van der Waals surface area contributed by atoms with Crippen molar-refractivity contribution in [3.8, 4) is 5.69 Å². The number of aromatic nitrogens is 3. The summed E-state index contributed by atoms with van der Waals surface area (Å²) in [4.78, 5) is 8.26. The van der Waals surface area contributed by atoms with Crippen LogP contribution in [0.15, 0.2) is 31.0 Å². The van der Waals surface area contributed by atoms with E-state index in [1.54, 1.807) is 6.20 Å². The Morgan fingerprint density at radius 1 is 1.36 bits per heavy atom. The molecule has 0 amide bonds. The summed E-state index contributed by atoms with van der Waals surface area (Å²) in [5, 5.41) is 3.40. The highest BCUT2D eigenvalue weighted by Crippen LogP contribution is 2.31. The number of anilines is 1. The molecular weight excluding hydrogens is 176 g/mol. The molecule has 3 heterocycles. The molecule has 2 aromatic rings. The molecule has 1 N–H and O–H groups in total. The molecule has 0 bridgehead atoms. The van der Waals surface area contributed by atoms with Crippen LogP contribution in [0.3, 0.4) is 0 Å². The van der Waals surface area contributed by atoms with E-state index in [1.807, 2.05) is 24.8 Å². The molecule has 1 aliphatic rings. The summed E-state index contributed by atoms with van der Waals surface area (Å²) >= 11 is 0. The number of hydrogen-bond donors (Lipinski definition) is 1. The van der Waals surface area contributed by atoms with Gasteiger partial charge in [-0.1, -0.05) is 0 Å². The molecule has 0 unspecified atom stereocenters. The lowest BCUT2D eigenvalue weighted by atomic mass is 10.1. The van der Waals surface area contributed by atoms with Crippen molar-refractivity contribution >= 4 is 5.69 Å². The maximum atomic E-state index is 4.15. The minimum absolute atomic E-state index is 0.299. The first-order chi connectivity index (χ1) is 6.86. The van der Waals surface area contributed by atoms with E-state index in [0.29, 0.717) is 6.04 Å². The van der Waals surface area contributed by atoms with E-state index in [2.05, 4.69) is 26.8 Å². The van der Waals surface area contributed by atoms with Crippen LogP contribution >= 0.6 is 0 Å². The van der Waals surface area contributed by atoms with Gasteiger partial charge in [-0.15, -0.1) is 0 Å². The highest BCUT2D eigenvalue weighted by molar-refractivity contribution is 5.63. The summed E-state index contributed by atoms with van der Waals surface area (Å²) in [6, 6.07) is 2.28. The van der Waals surface area contributed by atoms with Crippen molar-refractivity contribution in [1.29, 1.82) is 0 Å². The van der Waals surface area contributed by atoms with Crippen molar-refractivity contribution in [3.63, 3.8) is 0 Å². The van der Waals surface area contributed by atoms with Crippen LogP contribution in [0.2, 0.25) is 0 Å². The van der Waals surface area contributed by atoms with Gasteiger partial charge in [-0.3, -0.25) is 9.55 Å². The number of rotatable bonds is 0. The molecule has 1 aliphatic heterocycles. The number of hydrogen-bond acceptors (Lipinski definition) is 3. The van der Waals surface area contributed by atoms with Crippen LogP contribution in [-0.4, -0.2) is 14.5 Å². The van der Waals surface area contributed by atoms with Gasteiger partial charge in [-0.2, -0.15) is 0 Å². The highest BCUT2D eigenvalue weighted by atomic mass is 15.1. The molecule has 0 saturated carbocycles. The molecule has 1 atom stereocenters. The van der Waals surface area contributed by atoms with Crippen LogP contribution in [0.5, 0.6) is 0 Å². The van der Waals surface area contributed by atoms with Gasteiger partial charge in [-0.05, 0) is 13.0 Å². The zero-order valence-electron chi connectivity index (χ0n) is 7.81. The van der Waals surface area contributed by atoms with Gasteiger partial charge in [0.25, 0.3) is 0 Å². The van der Waals surface area contributed by atoms with E-state index >= 15 is 0 Å². The molecule has 0 saturated heterocycles. The van der Waals surface area contributed by atoms with Gasteiger partial charge < -0.3 is 5.32 Å². The van der Waals surface area contributed by atoms with Crippen LogP contribution < -0.4 is 5.32 Å². The SMILES string of the molecule is C[C@@H]1Nc2ccncc2-n2cncc21. The zero-order valence-corrected chi connectivity index (χ0v) is 7.81. The molecule has 0 aromatic carbocycles. The Hall–Kier alpha value is -1.84. The van der Waals surface area contributed by atoms with E-state index in [0.717, 1.165) is 11.4 Å². The minimum Gasteiger partial charge on any atom is -0.375 e. The third kappa shape index (κ3) is 0.878. The maximum Gasteiger partial charge on any atom is 0.0996 e. The molecular formula is C10H10N4. The quantitative estimate of drug-likeness (QED) is 0.681. The number of pyridine rings is 1. The van der Waals surface area contributed by atoms with Gasteiger partial charge in [0.2, 0.25) is 0 Å². The Labute approximate surface area is 81.6 Å². The number of nitrogens with one attached hydrogen (secondary N) is 1. The summed E-state index contributed by atoms with van der Waals surface area (Å²) in [5.74, 6) is 0. The average molecular weight is 186 g/mol. The molecule has 14 heavy (non-hydrogen) atoms. The van der Waals surface area contributed by atoms with Crippen molar-refractivity contribution in [2.24, 2.45) is 0 Å². The molecule has 3 rings (SSSR count). The molecule has 0 aliphatic carbocycles. The minimum atomic E-state index is 0.299. The van der Waals surface area contributed by atoms with Crippen LogP contribution in [0.4, 0.5) is 5.69 Å². The van der Waals surface area contributed by atoms with E-state index in [4.69, 9.17) is 0 Å². The number of fused-ring (bicyclic) bond motifs is 3. The van der Waals surface area contributed by atoms with Crippen LogP contribution in [0.1, 0.15) is 18.7 Å². The van der Waals surface area contributed by atoms with Gasteiger partial charge in [0.1, 0.15) is 0 Å². The molecule has 70 valence electrons. The summed E-state index contributed by atoms with van der Waals surface area (Å²) in [7, 11) is 0. The normalized spacial score (nSPS) is 18.2. The van der Waals surface area contributed by atoms with E-state index in [-0.39, 0.29) is 0 Å². The van der Waals surface area contributed by atoms with Crippen molar-refractivity contribution in [1.82, 2.24) is 14.5 Å². The van der Waals surface area contributed by atoms with Gasteiger partial charge >= 0.3 is 0 Å². The topological polar surface area (TPSA) is 42.7 Å². The second kappa shape index (κ2) is 2.57. The summed E-state index contributed by atoms with van der Waals surface area (Å²) < 4.78 is 2.07. The van der Waals surface area contributed by atoms with Gasteiger partial charge in [0.15, 0.2) is 0 Å². The zero-order chi connectivity index (χ0) is 9.54. The van der Waals surface area contributed by atoms with Gasteiger partial charge in [-0.25, -0.2) is 4.98 Å². The molecule has 2 aromatic heterocycles. The lowest BCUT2D eigenvalue weighted by Crippen LogP contribution is -2.18. The third-order valence-corrected chi connectivity index (χ3v) is 2.54. The van der Waals surface area contributed by atoms with E-state index < -0.39 is 0 Å². The first-order valence-electron chi connectivity index (χ1n) is 4.59. The Morgan fingerprint density at radius 2 is 2.29 bits per heavy atom. The van der Waals surface area contributed by atoms with Crippen LogP contribution in [0, 0.1) is 0 Å². The summed E-state index contributed by atoms with van der Waals surface area (Å²) in [6.45, 7) is 2.12. The largest absolute Gasteiger partial charge is 0.375 e. The summed E-state index contributed by atoms with van der Waals surface area (Å²) in [5.41, 5.74) is 3.35. The number of nitrogens with zero attached hydrogens (tertiary/aromatic N) is 3. The van der Waals surface area contributed by atoms with Crippen molar-refractivity contribution in [3.05, 3.63) is 36.7 Å². The second-order valence-electron chi connectivity index (χ2n) is 3.45. The standard InChI is InChI=1S/C10H10N4/c1-7-9-4-12-6-14(9)10-5-11-3-2-8(10)13-7/h2-7,13H,1H3/t7-/m0/s1. The highest BCUT2D eigenvalue weighted by Gasteiger charge is 2.20. The molecule has 0 fully saturated rings. The molecule has 4 nitrogen and oxygen atoms in total. The first-order valence-corrected chi connectivity index (χ1v) is 4.59. The Kier molecular flexibility index (Phi) is 1.39. The fourth-order valence-corrected chi connectivity index (χ4v) is 1.83. The van der Waals surface area contributed by atoms with Crippen molar-refractivity contribution in [2.45, 2.75) is 13.0 Å². The smallest absolute Gasteiger partial charge is 0.0996 e. The average Bonchev–Trinajstić information content (AvgIpc) is 2.67. The third-order valence-electron chi connectivity index (χ3n) is 2.54. The van der Waals surface area contributed by atoms with Gasteiger partial charge in [0, 0.05) is 6.20 Å². The summed E-state index contributed by atoms with van der Waals surface area (Å²) in [6.07, 6.45) is 7.35. The molecule has 4 heteroatoms. The second-order valence-corrected chi connectivity index (χ2v) is 3.45. The first kappa shape index (κ1) is 7.55. The Balaban J connectivity index is 2.29. The Morgan fingerprint density at radius 3 is 3.21 bits per heavy atom.